The van der Waals surface area contributed by atoms with Gasteiger partial charge in [-0.1, -0.05) is 6.07 Å². The van der Waals surface area contributed by atoms with Gasteiger partial charge in [-0.15, -0.1) is 24.8 Å². The number of pyridine rings is 1. The fourth-order valence-electron chi connectivity index (χ4n) is 4.06. The van der Waals surface area contributed by atoms with Crippen LogP contribution in [0.4, 0.5) is 10.1 Å². The van der Waals surface area contributed by atoms with E-state index in [2.05, 4.69) is 33.0 Å². The number of hydrogen-bond donors (Lipinski definition) is 0. The van der Waals surface area contributed by atoms with E-state index in [4.69, 9.17) is 9.47 Å². The van der Waals surface area contributed by atoms with E-state index in [1.54, 1.807) is 12.1 Å². The van der Waals surface area contributed by atoms with Crippen LogP contribution in [0, 0.1) is 5.82 Å². The monoisotopic (exact) mass is 477 g/mol. The number of benzene rings is 2. The van der Waals surface area contributed by atoms with Crippen LogP contribution in [0.1, 0.15) is 5.56 Å². The molecule has 2 aliphatic rings. The minimum Gasteiger partial charge on any atom is -0.486 e. The average molecular weight is 478 g/mol. The molecular weight excluding hydrogens is 452 g/mol. The highest BCUT2D eigenvalue weighted by atomic mass is 35.5. The van der Waals surface area contributed by atoms with Crippen LogP contribution >= 0.6 is 24.8 Å². The normalized spacial score (nSPS) is 15.5. The Labute approximate surface area is 200 Å². The zero-order valence-corrected chi connectivity index (χ0v) is 19.2. The number of anilines is 1. The predicted octanol–water partition coefficient (Wildman–Crippen LogP) is 4.82. The van der Waals surface area contributed by atoms with Crippen molar-refractivity contribution in [2.45, 2.75) is 6.54 Å². The Balaban J connectivity index is 0.00000144. The van der Waals surface area contributed by atoms with Crippen molar-refractivity contribution in [3.05, 3.63) is 72.2 Å². The number of piperazine rings is 1. The van der Waals surface area contributed by atoms with Crippen molar-refractivity contribution in [3.8, 4) is 22.8 Å². The number of nitrogens with zero attached hydrogens (tertiary/aromatic N) is 3. The molecule has 3 aromatic rings. The summed E-state index contributed by atoms with van der Waals surface area (Å²) in [6, 6.07) is 16.7. The molecular formula is C24H26Cl2FN3O2. The van der Waals surface area contributed by atoms with Gasteiger partial charge in [0.25, 0.3) is 0 Å². The van der Waals surface area contributed by atoms with Crippen LogP contribution in [-0.2, 0) is 6.54 Å². The van der Waals surface area contributed by atoms with E-state index in [1.165, 1.54) is 17.7 Å². The molecule has 170 valence electrons. The fraction of sp³-hybridized carbons (Fsp3) is 0.292. The number of para-hydroxylation sites is 1. The molecule has 0 spiro atoms. The number of hydrogen-bond acceptors (Lipinski definition) is 5. The molecule has 32 heavy (non-hydrogen) atoms. The number of halogens is 3. The van der Waals surface area contributed by atoms with Crippen molar-refractivity contribution < 1.29 is 13.9 Å². The van der Waals surface area contributed by atoms with Crippen molar-refractivity contribution in [2.24, 2.45) is 0 Å². The van der Waals surface area contributed by atoms with E-state index in [-0.39, 0.29) is 30.6 Å². The van der Waals surface area contributed by atoms with Crippen LogP contribution in [0.15, 0.2) is 60.8 Å². The lowest BCUT2D eigenvalue weighted by molar-refractivity contribution is 0.171. The molecule has 0 amide bonds. The van der Waals surface area contributed by atoms with Gasteiger partial charge >= 0.3 is 0 Å². The zero-order chi connectivity index (χ0) is 20.3. The molecule has 0 radical (unpaired) electrons. The molecule has 0 N–H and O–H groups in total. The third-order valence-corrected chi connectivity index (χ3v) is 5.63. The van der Waals surface area contributed by atoms with Crippen LogP contribution in [0.2, 0.25) is 0 Å². The summed E-state index contributed by atoms with van der Waals surface area (Å²) in [6.07, 6.45) is 1.83. The zero-order valence-electron chi connectivity index (χ0n) is 17.6. The van der Waals surface area contributed by atoms with Gasteiger partial charge in [0.15, 0.2) is 11.5 Å². The highest BCUT2D eigenvalue weighted by molar-refractivity contribution is 5.85. The Morgan fingerprint density at radius 1 is 0.875 bits per heavy atom. The van der Waals surface area contributed by atoms with Crippen LogP contribution in [-0.4, -0.2) is 49.3 Å². The van der Waals surface area contributed by atoms with Gasteiger partial charge in [-0.25, -0.2) is 4.39 Å². The van der Waals surface area contributed by atoms with Crippen molar-refractivity contribution in [1.29, 1.82) is 0 Å². The second-order valence-corrected chi connectivity index (χ2v) is 7.62. The van der Waals surface area contributed by atoms with Gasteiger partial charge in [-0.3, -0.25) is 9.88 Å². The molecule has 2 aliphatic heterocycles. The Bertz CT molecular complexity index is 1030. The van der Waals surface area contributed by atoms with E-state index in [0.29, 0.717) is 13.2 Å². The first-order valence-electron chi connectivity index (χ1n) is 10.3. The van der Waals surface area contributed by atoms with Gasteiger partial charge in [0.1, 0.15) is 19.0 Å². The first-order chi connectivity index (χ1) is 14.8. The maximum atomic E-state index is 13.2. The molecule has 1 saturated heterocycles. The second kappa shape index (κ2) is 10.9. The van der Waals surface area contributed by atoms with E-state index in [0.717, 1.165) is 61.2 Å². The molecule has 8 heteroatoms. The van der Waals surface area contributed by atoms with Crippen molar-refractivity contribution in [2.75, 3.05) is 44.3 Å². The quantitative estimate of drug-likeness (QED) is 0.538. The Morgan fingerprint density at radius 2 is 1.62 bits per heavy atom. The number of fused-ring (bicyclic) bond motifs is 1. The lowest BCUT2D eigenvalue weighted by Gasteiger charge is -2.37. The topological polar surface area (TPSA) is 37.8 Å². The maximum Gasteiger partial charge on any atom is 0.184 e. The summed E-state index contributed by atoms with van der Waals surface area (Å²) in [5.41, 5.74) is 4.14. The predicted molar refractivity (Wildman–Crippen MR) is 129 cm³/mol. The minimum atomic E-state index is -0.232. The first-order valence-corrected chi connectivity index (χ1v) is 10.3. The van der Waals surface area contributed by atoms with E-state index in [1.807, 2.05) is 18.3 Å². The summed E-state index contributed by atoms with van der Waals surface area (Å²) in [5.74, 6) is 1.48. The first kappa shape index (κ1) is 24.1. The fourth-order valence-corrected chi connectivity index (χ4v) is 4.06. The summed E-state index contributed by atoms with van der Waals surface area (Å²) in [4.78, 5) is 9.28. The lowest BCUT2D eigenvalue weighted by Crippen LogP contribution is -2.46. The number of rotatable bonds is 4. The van der Waals surface area contributed by atoms with Gasteiger partial charge in [0, 0.05) is 44.5 Å². The van der Waals surface area contributed by atoms with Crippen LogP contribution in [0.3, 0.4) is 0 Å². The molecule has 3 heterocycles. The van der Waals surface area contributed by atoms with Gasteiger partial charge < -0.3 is 14.4 Å². The molecule has 0 saturated carbocycles. The third kappa shape index (κ3) is 5.26. The summed E-state index contributed by atoms with van der Waals surface area (Å²) >= 11 is 0. The highest BCUT2D eigenvalue weighted by Crippen LogP contribution is 2.39. The number of ether oxygens (including phenoxy) is 2. The highest BCUT2D eigenvalue weighted by Gasteiger charge is 2.23. The largest absolute Gasteiger partial charge is 0.486 e. The Kier molecular flexibility index (Phi) is 8.18. The minimum absolute atomic E-state index is 0. The van der Waals surface area contributed by atoms with Crippen LogP contribution in [0.5, 0.6) is 11.5 Å². The molecule has 5 rings (SSSR count). The van der Waals surface area contributed by atoms with Crippen LogP contribution in [0.25, 0.3) is 11.3 Å². The van der Waals surface area contributed by atoms with E-state index >= 15 is 0 Å². The molecule has 0 aliphatic carbocycles. The van der Waals surface area contributed by atoms with Crippen molar-refractivity contribution >= 4 is 30.5 Å². The third-order valence-electron chi connectivity index (χ3n) is 5.63. The summed E-state index contributed by atoms with van der Waals surface area (Å²) in [6.45, 7) is 5.90. The molecule has 0 bridgehead atoms. The van der Waals surface area contributed by atoms with Gasteiger partial charge in [0.05, 0.1) is 11.4 Å². The van der Waals surface area contributed by atoms with E-state index in [9.17, 15) is 4.39 Å². The summed E-state index contributed by atoms with van der Waals surface area (Å²) < 4.78 is 24.8. The molecule has 5 nitrogen and oxygen atoms in total. The maximum absolute atomic E-state index is 13.2. The molecule has 2 aromatic carbocycles. The van der Waals surface area contributed by atoms with E-state index < -0.39 is 0 Å². The molecule has 1 fully saturated rings. The average Bonchev–Trinajstić information content (AvgIpc) is 2.80. The molecule has 0 unspecified atom stereocenters. The van der Waals surface area contributed by atoms with Gasteiger partial charge in [0.2, 0.25) is 0 Å². The lowest BCUT2D eigenvalue weighted by atomic mass is 10.1. The van der Waals surface area contributed by atoms with Gasteiger partial charge in [-0.2, -0.15) is 0 Å². The second-order valence-electron chi connectivity index (χ2n) is 7.62. The standard InChI is InChI=1S/C24H24FN3O2.2ClH/c25-20-6-4-19(5-7-20)21-16-18(8-9-26-21)17-27-10-12-28(13-11-27)22-2-1-3-23-24(22)30-15-14-29-23;;/h1-9,16H,10-15,17H2;2*1H. The van der Waals surface area contributed by atoms with Gasteiger partial charge in [-0.05, 0) is 54.1 Å². The molecule has 1 aromatic heterocycles. The Morgan fingerprint density at radius 3 is 2.41 bits per heavy atom. The summed E-state index contributed by atoms with van der Waals surface area (Å²) in [7, 11) is 0. The molecule has 0 atom stereocenters. The SMILES string of the molecule is Cl.Cl.Fc1ccc(-c2cc(CN3CCN(c4cccc5c4OCCO5)CC3)ccn2)cc1. The van der Waals surface area contributed by atoms with Crippen molar-refractivity contribution in [1.82, 2.24) is 9.88 Å². The van der Waals surface area contributed by atoms with Crippen LogP contribution < -0.4 is 14.4 Å². The summed E-state index contributed by atoms with van der Waals surface area (Å²) in [5, 5.41) is 0. The Hall–Kier alpha value is -2.54. The van der Waals surface area contributed by atoms with Crippen molar-refractivity contribution in [3.63, 3.8) is 0 Å². The smallest absolute Gasteiger partial charge is 0.184 e. The number of aromatic nitrogens is 1.